The van der Waals surface area contributed by atoms with Gasteiger partial charge in [-0.3, -0.25) is 9.78 Å². The Kier molecular flexibility index (Phi) is 5.72. The van der Waals surface area contributed by atoms with Crippen molar-refractivity contribution in [2.75, 3.05) is 5.75 Å². The van der Waals surface area contributed by atoms with E-state index in [9.17, 15) is 14.4 Å². The van der Waals surface area contributed by atoms with E-state index in [0.717, 1.165) is 5.69 Å². The molecule has 2 aromatic heterocycles. The Morgan fingerprint density at radius 3 is 2.58 bits per heavy atom. The lowest BCUT2D eigenvalue weighted by atomic mass is 10.1. The highest BCUT2D eigenvalue weighted by atomic mass is 32.2. The molecule has 0 atom stereocenters. The van der Waals surface area contributed by atoms with E-state index in [1.807, 2.05) is 18.2 Å². The van der Waals surface area contributed by atoms with Crippen molar-refractivity contribution in [2.45, 2.75) is 11.4 Å². The van der Waals surface area contributed by atoms with Gasteiger partial charge in [0, 0.05) is 23.9 Å². The minimum absolute atomic E-state index is 0.0723. The number of hydrogen-bond acceptors (Lipinski definition) is 5. The summed E-state index contributed by atoms with van der Waals surface area (Å²) in [7, 11) is 0. The summed E-state index contributed by atoms with van der Waals surface area (Å²) in [4.78, 5) is 20.9. The van der Waals surface area contributed by atoms with Crippen LogP contribution in [0.4, 0.5) is 4.39 Å². The lowest BCUT2D eigenvalue weighted by Crippen LogP contribution is -2.01. The molecule has 4 nitrogen and oxygen atoms in total. The maximum absolute atomic E-state index is 12.9. The highest BCUT2D eigenvalue weighted by Crippen LogP contribution is 2.25. The molecule has 0 aliphatic heterocycles. The molecule has 0 aliphatic rings. The van der Waals surface area contributed by atoms with Crippen LogP contribution in [0.15, 0.2) is 65.8 Å². The van der Waals surface area contributed by atoms with Gasteiger partial charge in [-0.15, -0.1) is 11.8 Å². The zero-order valence-corrected chi connectivity index (χ0v) is 14.5. The van der Waals surface area contributed by atoms with Gasteiger partial charge >= 0.3 is 0 Å². The van der Waals surface area contributed by atoms with Crippen molar-refractivity contribution in [1.29, 1.82) is 5.26 Å². The van der Waals surface area contributed by atoms with Gasteiger partial charge in [0.25, 0.3) is 0 Å². The molecule has 3 aromatic rings. The lowest BCUT2D eigenvalue weighted by molar-refractivity contribution is 0.0989. The van der Waals surface area contributed by atoms with E-state index >= 15 is 0 Å². The molecule has 0 saturated carbocycles. The van der Waals surface area contributed by atoms with Crippen LogP contribution in [0.25, 0.3) is 11.4 Å². The highest BCUT2D eigenvalue weighted by molar-refractivity contribution is 7.99. The van der Waals surface area contributed by atoms with E-state index < -0.39 is 0 Å². The van der Waals surface area contributed by atoms with Crippen molar-refractivity contribution < 1.29 is 9.18 Å². The number of nitrogens with zero attached hydrogens (tertiary/aromatic N) is 3. The number of hydrogen-bond donors (Lipinski definition) is 0. The second-order valence-corrected chi connectivity index (χ2v) is 6.49. The van der Waals surface area contributed by atoms with E-state index in [0.29, 0.717) is 27.6 Å². The van der Waals surface area contributed by atoms with Crippen molar-refractivity contribution in [3.8, 4) is 17.5 Å². The van der Waals surface area contributed by atoms with Gasteiger partial charge in [0.2, 0.25) is 0 Å². The smallest absolute Gasteiger partial charge is 0.163 e. The van der Waals surface area contributed by atoms with E-state index in [2.05, 4.69) is 16.0 Å². The molecular weight excluding hydrogens is 349 g/mol. The maximum atomic E-state index is 12.9. The molecular formula is C20H14FN3OS. The highest BCUT2D eigenvalue weighted by Gasteiger charge is 2.11. The van der Waals surface area contributed by atoms with Crippen LogP contribution >= 0.6 is 11.8 Å². The van der Waals surface area contributed by atoms with Crippen LogP contribution < -0.4 is 0 Å². The molecule has 2 heterocycles. The number of benzene rings is 1. The van der Waals surface area contributed by atoms with E-state index in [-0.39, 0.29) is 18.0 Å². The summed E-state index contributed by atoms with van der Waals surface area (Å²) < 4.78 is 12.9. The molecule has 0 spiro atoms. The number of carbonyl (C=O) groups excluding carboxylic acids is 1. The topological polar surface area (TPSA) is 66.6 Å². The molecule has 0 unspecified atom stereocenters. The zero-order chi connectivity index (χ0) is 18.4. The fourth-order valence-corrected chi connectivity index (χ4v) is 3.23. The van der Waals surface area contributed by atoms with Crippen LogP contribution in [0.3, 0.4) is 0 Å². The van der Waals surface area contributed by atoms with Crippen molar-refractivity contribution in [3.63, 3.8) is 0 Å². The first-order valence-electron chi connectivity index (χ1n) is 7.91. The zero-order valence-electron chi connectivity index (χ0n) is 13.7. The average molecular weight is 363 g/mol. The molecule has 0 bridgehead atoms. The number of halogens is 1. The first-order valence-corrected chi connectivity index (χ1v) is 8.90. The van der Waals surface area contributed by atoms with E-state index in [1.54, 1.807) is 18.3 Å². The Bertz CT molecular complexity index is 953. The third-order valence-electron chi connectivity index (χ3n) is 3.64. The summed E-state index contributed by atoms with van der Waals surface area (Å²) in [5.41, 5.74) is 2.34. The third-order valence-corrected chi connectivity index (χ3v) is 4.64. The largest absolute Gasteiger partial charge is 0.294 e. The Morgan fingerprint density at radius 2 is 1.88 bits per heavy atom. The second-order valence-electron chi connectivity index (χ2n) is 5.40. The minimum Gasteiger partial charge on any atom is -0.294 e. The number of pyridine rings is 2. The Balaban J connectivity index is 1.70. The molecule has 0 amide bonds. The van der Waals surface area contributed by atoms with Gasteiger partial charge in [0.1, 0.15) is 16.9 Å². The minimum atomic E-state index is -0.370. The Morgan fingerprint density at radius 1 is 1.08 bits per heavy atom. The van der Waals surface area contributed by atoms with Crippen LogP contribution in [-0.4, -0.2) is 21.5 Å². The van der Waals surface area contributed by atoms with Gasteiger partial charge < -0.3 is 0 Å². The number of rotatable bonds is 6. The lowest BCUT2D eigenvalue weighted by Gasteiger charge is -2.06. The summed E-state index contributed by atoms with van der Waals surface area (Å²) in [5, 5.41) is 9.84. The normalized spacial score (nSPS) is 10.3. The predicted molar refractivity (Wildman–Crippen MR) is 98.3 cm³/mol. The summed E-state index contributed by atoms with van der Waals surface area (Å²) in [6.07, 6.45) is 1.96. The van der Waals surface area contributed by atoms with Crippen molar-refractivity contribution in [1.82, 2.24) is 9.97 Å². The molecule has 0 radical (unpaired) electrons. The number of thioether (sulfide) groups is 1. The average Bonchev–Trinajstić information content (AvgIpc) is 2.69. The molecule has 1 aromatic carbocycles. The van der Waals surface area contributed by atoms with Gasteiger partial charge in [0.05, 0.1) is 17.0 Å². The van der Waals surface area contributed by atoms with Crippen molar-refractivity contribution in [2.24, 2.45) is 0 Å². The number of Topliss-reactive ketones (excluding diaryl/α,β-unsaturated/α-hetero) is 1. The molecule has 0 aliphatic carbocycles. The molecule has 0 saturated heterocycles. The van der Waals surface area contributed by atoms with Gasteiger partial charge in [-0.05, 0) is 48.5 Å². The third kappa shape index (κ3) is 4.32. The fraction of sp³-hybridized carbons (Fsp3) is 0.100. The first-order chi connectivity index (χ1) is 12.7. The first kappa shape index (κ1) is 17.8. The summed E-state index contributed by atoms with van der Waals surface area (Å²) >= 11 is 1.35. The van der Waals surface area contributed by atoms with Crippen LogP contribution in [-0.2, 0) is 0 Å². The summed E-state index contributed by atoms with van der Waals surface area (Å²) in [6, 6.07) is 16.6. The fourth-order valence-electron chi connectivity index (χ4n) is 2.31. The predicted octanol–water partition coefficient (Wildman–Crippen LogP) is 4.52. The molecule has 3 rings (SSSR count). The van der Waals surface area contributed by atoms with Crippen LogP contribution in [0, 0.1) is 17.1 Å². The molecule has 6 heteroatoms. The SMILES string of the molecule is N#Cc1ccc(-c2ccccn2)nc1SCCC(=O)c1ccc(F)cc1. The monoisotopic (exact) mass is 363 g/mol. The molecule has 128 valence electrons. The van der Waals surface area contributed by atoms with Gasteiger partial charge in [-0.25, -0.2) is 9.37 Å². The van der Waals surface area contributed by atoms with Crippen molar-refractivity contribution in [3.05, 3.63) is 77.7 Å². The Hall–Kier alpha value is -3.04. The number of ketones is 1. The second kappa shape index (κ2) is 8.37. The summed E-state index contributed by atoms with van der Waals surface area (Å²) in [6.45, 7) is 0. The van der Waals surface area contributed by atoms with Crippen LogP contribution in [0.5, 0.6) is 0 Å². The van der Waals surface area contributed by atoms with Gasteiger partial charge in [0.15, 0.2) is 5.78 Å². The van der Waals surface area contributed by atoms with Crippen molar-refractivity contribution >= 4 is 17.5 Å². The van der Waals surface area contributed by atoms with E-state index in [4.69, 9.17) is 0 Å². The number of nitriles is 1. The molecule has 26 heavy (non-hydrogen) atoms. The Labute approximate surface area is 154 Å². The van der Waals surface area contributed by atoms with Crippen LogP contribution in [0.2, 0.25) is 0 Å². The standard InChI is InChI=1S/C20H14FN3OS/c21-16-7-4-14(5-8-16)19(25)10-12-26-20-15(13-22)6-9-18(24-20)17-3-1-2-11-23-17/h1-9,11H,10,12H2. The van der Waals surface area contributed by atoms with Crippen LogP contribution in [0.1, 0.15) is 22.3 Å². The molecule has 0 fully saturated rings. The van der Waals surface area contributed by atoms with Gasteiger partial charge in [-0.2, -0.15) is 5.26 Å². The summed E-state index contributed by atoms with van der Waals surface area (Å²) in [5.74, 6) is 0.0332. The number of aromatic nitrogens is 2. The van der Waals surface area contributed by atoms with E-state index in [1.165, 1.54) is 36.0 Å². The quantitative estimate of drug-likeness (QED) is 0.476. The maximum Gasteiger partial charge on any atom is 0.163 e. The number of carbonyl (C=O) groups is 1. The molecule has 0 N–H and O–H groups in total. The van der Waals surface area contributed by atoms with Gasteiger partial charge in [-0.1, -0.05) is 6.07 Å².